The fraction of sp³-hybridized carbons (Fsp3) is 0.364. The van der Waals surface area contributed by atoms with Crippen LogP contribution >= 0.6 is 0 Å². The van der Waals surface area contributed by atoms with Crippen molar-refractivity contribution in [1.29, 1.82) is 0 Å². The minimum absolute atomic E-state index is 0.00744. The summed E-state index contributed by atoms with van der Waals surface area (Å²) in [6.07, 6.45) is 4.94. The van der Waals surface area contributed by atoms with Gasteiger partial charge in [0.1, 0.15) is 22.8 Å². The molecule has 0 spiro atoms. The Bertz CT molecular complexity index is 1970. The molecule has 0 atom stereocenters. The van der Waals surface area contributed by atoms with Crippen LogP contribution in [0.15, 0.2) is 55.0 Å². The van der Waals surface area contributed by atoms with Crippen molar-refractivity contribution < 1.29 is 35.5 Å². The van der Waals surface area contributed by atoms with Crippen molar-refractivity contribution in [3.63, 3.8) is 0 Å². The van der Waals surface area contributed by atoms with Gasteiger partial charge in [0.15, 0.2) is 17.5 Å². The van der Waals surface area contributed by atoms with Gasteiger partial charge in [0.2, 0.25) is 0 Å². The fourth-order valence-electron chi connectivity index (χ4n) is 5.82. The van der Waals surface area contributed by atoms with Crippen LogP contribution in [0.4, 0.5) is 33.7 Å². The molecule has 0 saturated carbocycles. The van der Waals surface area contributed by atoms with Crippen LogP contribution in [0.2, 0.25) is 0 Å². The van der Waals surface area contributed by atoms with Crippen molar-refractivity contribution >= 4 is 27.7 Å². The SMILES string of the molecule is CC(C)(C)OC(=O)N1CCN(c2ccc(-n3cc(-c4cc(F)cc(NS(=O)(=O)N5CCCC5)c4F)c(-c4ccncc4)n3)c(F)c2F)CC1. The number of halogens is 4. The van der Waals surface area contributed by atoms with E-state index in [1.807, 2.05) is 0 Å². The molecule has 1 N–H and O–H groups in total. The number of carbonyl (C=O) groups excluding carboxylic acids is 1. The van der Waals surface area contributed by atoms with Crippen LogP contribution in [0.3, 0.4) is 0 Å². The smallest absolute Gasteiger partial charge is 0.410 e. The van der Waals surface area contributed by atoms with Crippen molar-refractivity contribution in [3.8, 4) is 28.1 Å². The predicted octanol–water partition coefficient (Wildman–Crippen LogP) is 5.97. The first-order valence-corrected chi connectivity index (χ1v) is 17.1. The van der Waals surface area contributed by atoms with Gasteiger partial charge in [-0.25, -0.2) is 27.0 Å². The van der Waals surface area contributed by atoms with E-state index in [0.29, 0.717) is 18.4 Å². The third-order valence-corrected chi connectivity index (χ3v) is 9.72. The Morgan fingerprint density at radius 2 is 1.47 bits per heavy atom. The Hall–Kier alpha value is -4.70. The highest BCUT2D eigenvalue weighted by atomic mass is 32.2. The molecule has 4 heterocycles. The molecular formula is C33H35F4N7O4S. The van der Waals surface area contributed by atoms with Gasteiger partial charge in [-0.2, -0.15) is 17.8 Å². The van der Waals surface area contributed by atoms with Gasteiger partial charge in [-0.05, 0) is 63.9 Å². The maximum atomic E-state index is 16.1. The number of hydrogen-bond acceptors (Lipinski definition) is 7. The third-order valence-electron chi connectivity index (χ3n) is 8.20. The molecule has 2 aromatic carbocycles. The number of nitrogens with one attached hydrogen (secondary N) is 1. The Labute approximate surface area is 281 Å². The minimum atomic E-state index is -4.16. The highest BCUT2D eigenvalue weighted by molar-refractivity contribution is 7.90. The molecule has 4 aromatic rings. The number of rotatable bonds is 7. The summed E-state index contributed by atoms with van der Waals surface area (Å²) in [7, 11) is -4.16. The molecule has 2 aliphatic rings. The molecule has 0 bridgehead atoms. The lowest BCUT2D eigenvalue weighted by molar-refractivity contribution is 0.0240. The fourth-order valence-corrected chi connectivity index (χ4v) is 7.11. The number of carbonyl (C=O) groups is 1. The van der Waals surface area contributed by atoms with E-state index in [4.69, 9.17) is 4.74 Å². The van der Waals surface area contributed by atoms with Gasteiger partial charge in [0.05, 0.1) is 11.4 Å². The zero-order chi connectivity index (χ0) is 35.1. The largest absolute Gasteiger partial charge is 0.444 e. The summed E-state index contributed by atoms with van der Waals surface area (Å²) in [6.45, 7) is 6.73. The Balaban J connectivity index is 1.34. The lowest BCUT2D eigenvalue weighted by atomic mass is 10.0. The maximum Gasteiger partial charge on any atom is 0.410 e. The summed E-state index contributed by atoms with van der Waals surface area (Å²) < 4.78 is 98.1. The summed E-state index contributed by atoms with van der Waals surface area (Å²) in [5.41, 5.74) is -1.46. The van der Waals surface area contributed by atoms with Crippen LogP contribution < -0.4 is 9.62 Å². The quantitative estimate of drug-likeness (QED) is 0.237. The van der Waals surface area contributed by atoms with E-state index < -0.39 is 50.9 Å². The van der Waals surface area contributed by atoms with E-state index in [1.165, 1.54) is 35.6 Å². The Morgan fingerprint density at radius 3 is 2.12 bits per heavy atom. The van der Waals surface area contributed by atoms with E-state index in [2.05, 4.69) is 14.8 Å². The monoisotopic (exact) mass is 701 g/mol. The Morgan fingerprint density at radius 1 is 0.837 bits per heavy atom. The zero-order valence-corrected chi connectivity index (χ0v) is 27.9. The average Bonchev–Trinajstić information content (AvgIpc) is 3.76. The second kappa shape index (κ2) is 13.3. The normalized spacial score (nSPS) is 15.9. The number of piperazine rings is 1. The van der Waals surface area contributed by atoms with E-state index in [0.717, 1.165) is 21.1 Å². The molecule has 2 aliphatic heterocycles. The molecule has 16 heteroatoms. The van der Waals surface area contributed by atoms with Crippen LogP contribution in [0, 0.1) is 23.3 Å². The molecule has 2 saturated heterocycles. The average molecular weight is 702 g/mol. The van der Waals surface area contributed by atoms with Crippen LogP contribution in [0.25, 0.3) is 28.1 Å². The topological polar surface area (TPSA) is 113 Å². The van der Waals surface area contributed by atoms with Crippen LogP contribution in [-0.2, 0) is 14.9 Å². The van der Waals surface area contributed by atoms with Crippen LogP contribution in [0.1, 0.15) is 33.6 Å². The number of pyridine rings is 1. The van der Waals surface area contributed by atoms with Gasteiger partial charge < -0.3 is 14.5 Å². The van der Waals surface area contributed by atoms with Crippen LogP contribution in [0.5, 0.6) is 0 Å². The number of ether oxygens (including phenoxy) is 1. The second-order valence-electron chi connectivity index (χ2n) is 12.8. The summed E-state index contributed by atoms with van der Waals surface area (Å²) in [4.78, 5) is 19.6. The van der Waals surface area contributed by atoms with E-state index in [-0.39, 0.29) is 67.5 Å². The molecule has 2 aromatic heterocycles. The third kappa shape index (κ3) is 7.20. The van der Waals surface area contributed by atoms with E-state index >= 15 is 13.2 Å². The van der Waals surface area contributed by atoms with Crippen molar-refractivity contribution in [2.75, 3.05) is 48.9 Å². The van der Waals surface area contributed by atoms with E-state index in [1.54, 1.807) is 37.8 Å². The zero-order valence-electron chi connectivity index (χ0n) is 27.1. The molecule has 0 aliphatic carbocycles. The molecule has 260 valence electrons. The first-order chi connectivity index (χ1) is 23.2. The molecule has 2 fully saturated rings. The lowest BCUT2D eigenvalue weighted by Gasteiger charge is -2.36. The van der Waals surface area contributed by atoms with Gasteiger partial charge in [-0.3, -0.25) is 9.71 Å². The summed E-state index contributed by atoms with van der Waals surface area (Å²) >= 11 is 0. The van der Waals surface area contributed by atoms with Crippen molar-refractivity contribution in [2.45, 2.75) is 39.2 Å². The van der Waals surface area contributed by atoms with Gasteiger partial charge in [-0.15, -0.1) is 0 Å². The molecule has 6 rings (SSSR count). The molecule has 11 nitrogen and oxygen atoms in total. The first-order valence-electron chi connectivity index (χ1n) is 15.7. The molecule has 0 radical (unpaired) electrons. The van der Waals surface area contributed by atoms with Crippen molar-refractivity contribution in [3.05, 3.63) is 78.3 Å². The van der Waals surface area contributed by atoms with Gasteiger partial charge >= 0.3 is 16.3 Å². The number of hydrogen-bond donors (Lipinski definition) is 1. The number of nitrogens with zero attached hydrogens (tertiary/aromatic N) is 6. The second-order valence-corrected chi connectivity index (χ2v) is 14.5. The minimum Gasteiger partial charge on any atom is -0.444 e. The standard InChI is InChI=1S/C33H35F4N7O4S/c1-33(2,3)48-32(45)42-16-14-41(15-17-42)26-6-7-27(30(37)29(26)36)44-20-24(31(39-44)21-8-10-38-11-9-21)23-18-22(34)19-25(28(23)35)40-49(46,47)43-12-4-5-13-43/h6-11,18-20,40H,4-5,12-17H2,1-3H3. The molecule has 1 amide bonds. The predicted molar refractivity (Wildman–Crippen MR) is 175 cm³/mol. The number of benzene rings is 2. The highest BCUT2D eigenvalue weighted by Gasteiger charge is 2.30. The summed E-state index contributed by atoms with van der Waals surface area (Å²) in [5.74, 6) is -4.40. The first kappa shape index (κ1) is 34.2. The van der Waals surface area contributed by atoms with E-state index in [9.17, 15) is 17.6 Å². The van der Waals surface area contributed by atoms with Crippen molar-refractivity contribution in [1.82, 2.24) is 24.0 Å². The van der Waals surface area contributed by atoms with Gasteiger partial charge in [0.25, 0.3) is 0 Å². The maximum absolute atomic E-state index is 16.1. The number of amides is 1. The van der Waals surface area contributed by atoms with Gasteiger partial charge in [-0.1, -0.05) is 0 Å². The molecule has 0 unspecified atom stereocenters. The Kier molecular flexibility index (Phi) is 9.28. The highest BCUT2D eigenvalue weighted by Crippen LogP contribution is 2.38. The number of anilines is 2. The molecular weight excluding hydrogens is 666 g/mol. The van der Waals surface area contributed by atoms with Gasteiger partial charge in [0, 0.05) is 80.6 Å². The summed E-state index contributed by atoms with van der Waals surface area (Å²) in [5, 5.41) is 4.44. The molecule has 49 heavy (non-hydrogen) atoms. The van der Waals surface area contributed by atoms with Crippen LogP contribution in [-0.4, -0.2) is 83.4 Å². The summed E-state index contributed by atoms with van der Waals surface area (Å²) in [6, 6.07) is 7.44. The lowest BCUT2D eigenvalue weighted by Crippen LogP contribution is -2.50. The number of aromatic nitrogens is 3. The van der Waals surface area contributed by atoms with Crippen molar-refractivity contribution in [2.24, 2.45) is 0 Å².